The van der Waals surface area contributed by atoms with Crippen LogP contribution in [0.4, 0.5) is 0 Å². The summed E-state index contributed by atoms with van der Waals surface area (Å²) in [6.45, 7) is 10.2. The molecular weight excluding hydrogens is 220 g/mol. The van der Waals surface area contributed by atoms with Gasteiger partial charge in [-0.25, -0.2) is 0 Å². The Morgan fingerprint density at radius 2 is 1.71 bits per heavy atom. The van der Waals surface area contributed by atoms with Crippen LogP contribution in [0.5, 0.6) is 0 Å². The van der Waals surface area contributed by atoms with Gasteiger partial charge < -0.3 is 10.2 Å². The van der Waals surface area contributed by atoms with Crippen molar-refractivity contribution < 1.29 is 15.0 Å². The smallest absolute Gasteiger partial charge is 0.307 e. The van der Waals surface area contributed by atoms with Gasteiger partial charge in [0, 0.05) is 39.3 Å². The first kappa shape index (κ1) is 14.4. The molecule has 2 N–H and O–H groups in total. The van der Waals surface area contributed by atoms with Gasteiger partial charge in [0.15, 0.2) is 0 Å². The Bertz CT molecular complexity index is 255. The van der Waals surface area contributed by atoms with E-state index >= 15 is 0 Å². The third-order valence-electron chi connectivity index (χ3n) is 3.03. The summed E-state index contributed by atoms with van der Waals surface area (Å²) in [7, 11) is 0. The number of hydrogen-bond donors (Lipinski definition) is 2. The summed E-state index contributed by atoms with van der Waals surface area (Å²) in [5.41, 5.74) is -0.656. The van der Waals surface area contributed by atoms with Crippen molar-refractivity contribution >= 4 is 5.97 Å². The lowest BCUT2D eigenvalue weighted by Gasteiger charge is -2.37. The summed E-state index contributed by atoms with van der Waals surface area (Å²) < 4.78 is 0. The lowest BCUT2D eigenvalue weighted by atomic mass is 10.1. The van der Waals surface area contributed by atoms with Crippen LogP contribution in [0.3, 0.4) is 0 Å². The molecule has 1 saturated heterocycles. The van der Waals surface area contributed by atoms with E-state index in [0.29, 0.717) is 13.1 Å². The number of carboxylic acid groups (broad SMARTS) is 1. The highest BCUT2D eigenvalue weighted by Gasteiger charge is 2.24. The lowest BCUT2D eigenvalue weighted by molar-refractivity contribution is -0.141. The average Bonchev–Trinajstić information content (AvgIpc) is 2.18. The quantitative estimate of drug-likeness (QED) is 0.718. The van der Waals surface area contributed by atoms with E-state index in [2.05, 4.69) is 9.80 Å². The SMILES string of the molecule is CC(CN1CCN(CC(C)(C)O)CC1)C(=O)O. The van der Waals surface area contributed by atoms with Crippen LogP contribution in [0.2, 0.25) is 0 Å². The number of carboxylic acids is 1. The summed E-state index contributed by atoms with van der Waals surface area (Å²) in [5, 5.41) is 18.6. The van der Waals surface area contributed by atoms with Crippen molar-refractivity contribution in [2.24, 2.45) is 5.92 Å². The second-order valence-corrected chi connectivity index (χ2v) is 5.63. The number of hydrogen-bond acceptors (Lipinski definition) is 4. The molecule has 1 heterocycles. The van der Waals surface area contributed by atoms with E-state index in [4.69, 9.17) is 5.11 Å². The molecule has 5 heteroatoms. The molecule has 1 unspecified atom stereocenters. The minimum absolute atomic E-state index is 0.309. The van der Waals surface area contributed by atoms with E-state index in [1.165, 1.54) is 0 Å². The standard InChI is InChI=1S/C12H24N2O3/c1-10(11(15)16)8-13-4-6-14(7-5-13)9-12(2,3)17/h10,17H,4-9H2,1-3H3,(H,15,16). The van der Waals surface area contributed by atoms with Gasteiger partial charge in [0.2, 0.25) is 0 Å². The van der Waals surface area contributed by atoms with E-state index in [1.54, 1.807) is 6.92 Å². The van der Waals surface area contributed by atoms with Crippen LogP contribution < -0.4 is 0 Å². The second kappa shape index (κ2) is 5.80. The highest BCUT2D eigenvalue weighted by atomic mass is 16.4. The van der Waals surface area contributed by atoms with Crippen LogP contribution in [0.15, 0.2) is 0 Å². The Labute approximate surface area is 103 Å². The number of carbonyl (C=O) groups is 1. The van der Waals surface area contributed by atoms with Crippen molar-refractivity contribution in [1.29, 1.82) is 0 Å². The minimum atomic E-state index is -0.732. The molecule has 0 amide bonds. The summed E-state index contributed by atoms with van der Waals surface area (Å²) in [5.74, 6) is -1.04. The average molecular weight is 244 g/mol. The molecular formula is C12H24N2O3. The highest BCUT2D eigenvalue weighted by Crippen LogP contribution is 2.10. The first-order chi connectivity index (χ1) is 7.78. The maximum atomic E-state index is 10.8. The molecule has 0 bridgehead atoms. The highest BCUT2D eigenvalue weighted by molar-refractivity contribution is 5.69. The second-order valence-electron chi connectivity index (χ2n) is 5.63. The normalized spacial score (nSPS) is 21.4. The third-order valence-corrected chi connectivity index (χ3v) is 3.03. The molecule has 17 heavy (non-hydrogen) atoms. The molecule has 1 aliphatic heterocycles. The number of rotatable bonds is 5. The van der Waals surface area contributed by atoms with E-state index < -0.39 is 11.6 Å². The maximum absolute atomic E-state index is 10.8. The van der Waals surface area contributed by atoms with Gasteiger partial charge in [-0.2, -0.15) is 0 Å². The first-order valence-corrected chi connectivity index (χ1v) is 6.18. The molecule has 0 aromatic rings. The van der Waals surface area contributed by atoms with Crippen LogP contribution in [0.25, 0.3) is 0 Å². The molecule has 0 aromatic carbocycles. The minimum Gasteiger partial charge on any atom is -0.481 e. The van der Waals surface area contributed by atoms with Crippen molar-refractivity contribution in [3.8, 4) is 0 Å². The zero-order chi connectivity index (χ0) is 13.1. The van der Waals surface area contributed by atoms with Crippen molar-refractivity contribution in [3.63, 3.8) is 0 Å². The molecule has 1 rings (SSSR count). The van der Waals surface area contributed by atoms with Crippen molar-refractivity contribution in [1.82, 2.24) is 9.80 Å². The van der Waals surface area contributed by atoms with Gasteiger partial charge in [0.1, 0.15) is 0 Å². The largest absolute Gasteiger partial charge is 0.481 e. The number of piperazine rings is 1. The zero-order valence-electron chi connectivity index (χ0n) is 11.0. The van der Waals surface area contributed by atoms with Gasteiger partial charge in [-0.1, -0.05) is 6.92 Å². The maximum Gasteiger partial charge on any atom is 0.307 e. The summed E-state index contributed by atoms with van der Waals surface area (Å²) in [6, 6.07) is 0. The molecule has 0 aromatic heterocycles. The van der Waals surface area contributed by atoms with Gasteiger partial charge >= 0.3 is 5.97 Å². The van der Waals surface area contributed by atoms with E-state index in [1.807, 2.05) is 13.8 Å². The van der Waals surface area contributed by atoms with Gasteiger partial charge in [-0.3, -0.25) is 14.6 Å². The first-order valence-electron chi connectivity index (χ1n) is 6.18. The van der Waals surface area contributed by atoms with Crippen LogP contribution in [-0.2, 0) is 4.79 Å². The summed E-state index contributed by atoms with van der Waals surface area (Å²) in [6.07, 6.45) is 0. The van der Waals surface area contributed by atoms with Crippen LogP contribution in [0.1, 0.15) is 20.8 Å². The van der Waals surface area contributed by atoms with Crippen LogP contribution in [-0.4, -0.2) is 70.9 Å². The van der Waals surface area contributed by atoms with Crippen LogP contribution in [0, 0.1) is 5.92 Å². The lowest BCUT2D eigenvalue weighted by Crippen LogP contribution is -2.51. The zero-order valence-corrected chi connectivity index (χ0v) is 11.0. The number of aliphatic carboxylic acids is 1. The Kier molecular flexibility index (Phi) is 4.91. The monoisotopic (exact) mass is 244 g/mol. The molecule has 5 nitrogen and oxygen atoms in total. The third kappa shape index (κ3) is 5.48. The Hall–Kier alpha value is -0.650. The van der Waals surface area contributed by atoms with E-state index in [9.17, 15) is 9.90 Å². The van der Waals surface area contributed by atoms with Crippen LogP contribution >= 0.6 is 0 Å². The predicted octanol–water partition coefficient (Wildman–Crippen LogP) is 0.0956. The van der Waals surface area contributed by atoms with E-state index in [0.717, 1.165) is 26.2 Å². The number of nitrogens with zero attached hydrogens (tertiary/aromatic N) is 2. The van der Waals surface area contributed by atoms with Crippen molar-refractivity contribution in [2.75, 3.05) is 39.3 Å². The van der Waals surface area contributed by atoms with Crippen molar-refractivity contribution in [2.45, 2.75) is 26.4 Å². The Balaban J connectivity index is 2.29. The number of aliphatic hydroxyl groups is 1. The molecule has 0 radical (unpaired) electrons. The van der Waals surface area contributed by atoms with Crippen molar-refractivity contribution in [3.05, 3.63) is 0 Å². The van der Waals surface area contributed by atoms with Gasteiger partial charge in [0.05, 0.1) is 11.5 Å². The van der Waals surface area contributed by atoms with E-state index in [-0.39, 0.29) is 5.92 Å². The molecule has 1 aliphatic rings. The fourth-order valence-corrected chi connectivity index (χ4v) is 2.14. The summed E-state index contributed by atoms with van der Waals surface area (Å²) in [4.78, 5) is 15.2. The van der Waals surface area contributed by atoms with Gasteiger partial charge in [0.25, 0.3) is 0 Å². The fourth-order valence-electron chi connectivity index (χ4n) is 2.14. The molecule has 0 spiro atoms. The molecule has 0 saturated carbocycles. The molecule has 100 valence electrons. The van der Waals surface area contributed by atoms with Gasteiger partial charge in [-0.05, 0) is 13.8 Å². The number of β-amino-alcohol motifs (C(OH)–C–C–N with tert-alkyl or cyclic N) is 1. The predicted molar refractivity (Wildman–Crippen MR) is 66.0 cm³/mol. The molecule has 1 atom stereocenters. The molecule has 0 aliphatic carbocycles. The Morgan fingerprint density at radius 3 is 2.12 bits per heavy atom. The topological polar surface area (TPSA) is 64.0 Å². The fraction of sp³-hybridized carbons (Fsp3) is 0.917. The Morgan fingerprint density at radius 1 is 1.24 bits per heavy atom. The molecule has 1 fully saturated rings. The summed E-state index contributed by atoms with van der Waals surface area (Å²) >= 11 is 0. The van der Waals surface area contributed by atoms with Gasteiger partial charge in [-0.15, -0.1) is 0 Å².